The molecule has 0 spiro atoms. The second-order valence-corrected chi connectivity index (χ2v) is 14.4. The number of methoxy groups -OCH3 is 1. The summed E-state index contributed by atoms with van der Waals surface area (Å²) in [5.41, 5.74) is 3.39. The lowest BCUT2D eigenvalue weighted by Gasteiger charge is -2.49. The number of benzene rings is 2. The van der Waals surface area contributed by atoms with Gasteiger partial charge >= 0.3 is 5.97 Å². The highest BCUT2D eigenvalue weighted by atomic mass is 16.6. The Morgan fingerprint density at radius 1 is 1.16 bits per heavy atom. The molecule has 2 aliphatic carbocycles. The zero-order valence-corrected chi connectivity index (χ0v) is 29.0. The van der Waals surface area contributed by atoms with Gasteiger partial charge in [-0.1, -0.05) is 18.1 Å². The standard InChI is InChI=1S/C40H44N2O9/c1-3-49-39(46)38-27(19-43)33(23-7-9-31(45)25(16-23)21-6-8-30-22(15-21)10-14-42-30)34-36(48-2)26-17-32(50-35(26)28(20-44)37(34)51-38)40(47)12-4-5-24-18-41-13-11-29(24)40/h6,8,10,14-15,19,24-25,29,32,41-42,44,47H,3-5,7,9,11-13,16-18,20H2,1-2H3/b33-23-/t24-,25+,29-,32-,40+/m0/s1. The van der Waals surface area contributed by atoms with E-state index in [2.05, 4.69) is 10.3 Å². The number of fused-ring (bicyclic) bond motifs is 4. The second-order valence-electron chi connectivity index (χ2n) is 14.4. The fourth-order valence-corrected chi connectivity index (χ4v) is 9.56. The summed E-state index contributed by atoms with van der Waals surface area (Å²) in [5.74, 6) is -0.206. The minimum Gasteiger partial charge on any atom is -0.496 e. The van der Waals surface area contributed by atoms with Gasteiger partial charge < -0.3 is 39.5 Å². The second kappa shape index (κ2) is 13.3. The maximum Gasteiger partial charge on any atom is 0.375 e. The minimum absolute atomic E-state index is 0.00574. The molecule has 3 aliphatic heterocycles. The Kier molecular flexibility index (Phi) is 8.76. The number of esters is 1. The van der Waals surface area contributed by atoms with E-state index in [9.17, 15) is 24.6 Å². The maximum absolute atomic E-state index is 13.5. The molecule has 2 saturated carbocycles. The molecule has 0 bridgehead atoms. The Bertz CT molecular complexity index is 1990. The summed E-state index contributed by atoms with van der Waals surface area (Å²) < 4.78 is 24.5. The number of hydrogen-bond donors (Lipinski definition) is 4. The van der Waals surface area contributed by atoms with E-state index in [1.807, 2.05) is 30.5 Å². The average molecular weight is 697 g/mol. The van der Waals surface area contributed by atoms with Gasteiger partial charge in [-0.15, -0.1) is 0 Å². The maximum atomic E-state index is 13.5. The average Bonchev–Trinajstić information content (AvgIpc) is 3.81. The molecular weight excluding hydrogens is 652 g/mol. The van der Waals surface area contributed by atoms with Crippen LogP contribution in [0.1, 0.15) is 80.0 Å². The van der Waals surface area contributed by atoms with Crippen molar-refractivity contribution in [3.05, 3.63) is 69.6 Å². The topological polar surface area (TPSA) is 156 Å². The summed E-state index contributed by atoms with van der Waals surface area (Å²) in [7, 11) is 1.53. The fourth-order valence-electron chi connectivity index (χ4n) is 9.56. The monoisotopic (exact) mass is 696 g/mol. The third-order valence-electron chi connectivity index (χ3n) is 11.9. The number of carbonyl (C=O) groups is 3. The van der Waals surface area contributed by atoms with Crippen LogP contribution in [0.4, 0.5) is 0 Å². The quantitative estimate of drug-likeness (QED) is 0.200. The van der Waals surface area contributed by atoms with Crippen LogP contribution in [0.3, 0.4) is 0 Å². The Morgan fingerprint density at radius 2 is 2.02 bits per heavy atom. The zero-order valence-electron chi connectivity index (χ0n) is 29.0. The van der Waals surface area contributed by atoms with E-state index in [1.54, 1.807) is 6.92 Å². The number of nitrogens with one attached hydrogen (secondary N) is 2. The number of hydrogen-bond acceptors (Lipinski definition) is 10. The van der Waals surface area contributed by atoms with E-state index in [0.717, 1.165) is 54.4 Å². The predicted octanol–water partition coefficient (Wildman–Crippen LogP) is 4.81. The molecule has 1 saturated heterocycles. The first-order valence-electron chi connectivity index (χ1n) is 18.1. The van der Waals surface area contributed by atoms with Gasteiger partial charge in [0.1, 0.15) is 34.7 Å². The van der Waals surface area contributed by atoms with E-state index in [0.29, 0.717) is 71.6 Å². The summed E-state index contributed by atoms with van der Waals surface area (Å²) in [6.45, 7) is 2.90. The van der Waals surface area contributed by atoms with Crippen LogP contribution in [-0.2, 0) is 32.1 Å². The van der Waals surface area contributed by atoms with E-state index in [4.69, 9.17) is 18.9 Å². The molecular formula is C40H44N2O9. The highest BCUT2D eigenvalue weighted by Crippen LogP contribution is 2.57. The van der Waals surface area contributed by atoms with Crippen LogP contribution < -0.4 is 19.5 Å². The normalized spacial score (nSPS) is 28.7. The number of aromatic nitrogens is 1. The van der Waals surface area contributed by atoms with E-state index >= 15 is 0 Å². The fraction of sp³-hybridized carbons (Fsp3) is 0.475. The van der Waals surface area contributed by atoms with Crippen molar-refractivity contribution in [2.24, 2.45) is 11.8 Å². The summed E-state index contributed by atoms with van der Waals surface area (Å²) in [5, 5.41) is 27.8. The molecule has 0 radical (unpaired) electrons. The lowest BCUT2D eigenvalue weighted by Crippen LogP contribution is -2.59. The minimum atomic E-state index is -1.09. The Balaban J connectivity index is 1.29. The van der Waals surface area contributed by atoms with Gasteiger partial charge in [-0.05, 0) is 93.1 Å². The van der Waals surface area contributed by atoms with E-state index < -0.39 is 30.2 Å². The number of carbonyl (C=O) groups excluding carboxylic acids is 3. The summed E-state index contributed by atoms with van der Waals surface area (Å²) in [6.07, 6.45) is 6.45. The molecule has 4 heterocycles. The van der Waals surface area contributed by atoms with Crippen molar-refractivity contribution in [3.8, 4) is 17.2 Å². The van der Waals surface area contributed by atoms with Gasteiger partial charge in [-0.25, -0.2) is 4.79 Å². The molecule has 4 N–H and O–H groups in total. The van der Waals surface area contributed by atoms with Crippen LogP contribution in [-0.4, -0.2) is 71.7 Å². The van der Waals surface area contributed by atoms with Crippen molar-refractivity contribution in [1.82, 2.24) is 10.3 Å². The molecule has 11 nitrogen and oxygen atoms in total. The van der Waals surface area contributed by atoms with Crippen LogP contribution in [0.5, 0.6) is 17.2 Å². The number of H-pyrrole nitrogens is 1. The summed E-state index contributed by atoms with van der Waals surface area (Å²) >= 11 is 0. The van der Waals surface area contributed by atoms with Gasteiger partial charge in [-0.2, -0.15) is 0 Å². The molecule has 11 heteroatoms. The van der Waals surface area contributed by atoms with Crippen molar-refractivity contribution in [2.45, 2.75) is 82.5 Å². The summed E-state index contributed by atoms with van der Waals surface area (Å²) in [6, 6.07) is 7.88. The first-order chi connectivity index (χ1) is 24.8. The van der Waals surface area contributed by atoms with Crippen LogP contribution in [0.2, 0.25) is 0 Å². The van der Waals surface area contributed by atoms with Gasteiger partial charge in [0, 0.05) is 41.6 Å². The molecule has 2 aromatic carbocycles. The van der Waals surface area contributed by atoms with Crippen molar-refractivity contribution in [2.75, 3.05) is 26.8 Å². The first kappa shape index (κ1) is 33.7. The van der Waals surface area contributed by atoms with Gasteiger partial charge in [0.05, 0.1) is 37.0 Å². The highest BCUT2D eigenvalue weighted by Gasteiger charge is 2.54. The lowest BCUT2D eigenvalue weighted by atomic mass is 9.63. The predicted molar refractivity (Wildman–Crippen MR) is 187 cm³/mol. The molecule has 5 atom stereocenters. The molecule has 268 valence electrons. The molecule has 51 heavy (non-hydrogen) atoms. The number of aromatic amines is 1. The number of aliphatic hydroxyl groups is 2. The molecule has 1 aromatic heterocycles. The number of ketones is 1. The molecule has 0 unspecified atom stereocenters. The van der Waals surface area contributed by atoms with Crippen molar-refractivity contribution >= 4 is 34.5 Å². The van der Waals surface area contributed by atoms with Crippen LogP contribution in [0.25, 0.3) is 16.5 Å². The Morgan fingerprint density at radius 3 is 2.80 bits per heavy atom. The van der Waals surface area contributed by atoms with Crippen molar-refractivity contribution < 1.29 is 43.5 Å². The number of aldehydes is 1. The molecule has 8 rings (SSSR count). The third kappa shape index (κ3) is 5.39. The molecule has 3 fully saturated rings. The zero-order chi connectivity index (χ0) is 35.4. The van der Waals surface area contributed by atoms with Crippen LogP contribution in [0, 0.1) is 11.8 Å². The first-order valence-corrected chi connectivity index (χ1v) is 18.1. The number of piperidine rings is 1. The number of aliphatic hydroxyl groups excluding tert-OH is 1. The van der Waals surface area contributed by atoms with E-state index in [-0.39, 0.29) is 41.8 Å². The van der Waals surface area contributed by atoms with Crippen LogP contribution in [0.15, 0.2) is 47.4 Å². The smallest absolute Gasteiger partial charge is 0.375 e. The van der Waals surface area contributed by atoms with Gasteiger partial charge in [0.15, 0.2) is 6.29 Å². The van der Waals surface area contributed by atoms with Gasteiger partial charge in [0.2, 0.25) is 5.76 Å². The van der Waals surface area contributed by atoms with Crippen molar-refractivity contribution in [1.29, 1.82) is 0 Å². The Hall–Kier alpha value is -4.45. The Labute approximate surface area is 296 Å². The number of rotatable bonds is 7. The summed E-state index contributed by atoms with van der Waals surface area (Å²) in [4.78, 5) is 43.3. The van der Waals surface area contributed by atoms with Crippen LogP contribution >= 0.6 is 0 Å². The highest BCUT2D eigenvalue weighted by molar-refractivity contribution is 6.11. The number of ether oxygens (including phenoxy) is 4. The molecule has 5 aliphatic rings. The molecule has 3 aromatic rings. The van der Waals surface area contributed by atoms with E-state index in [1.165, 1.54) is 7.11 Å². The third-order valence-corrected chi connectivity index (χ3v) is 11.9. The number of Topliss-reactive ketones (excluding diaryl/α,β-unsaturated/α-hetero) is 1. The SMILES string of the molecule is CCOC(=O)C1=C(C=O)/C(=C2\CCC(=O)[C@@H](c3ccc4[nH]ccc4c3)C2)c2c(OC)c3c(c(CO)c2O1)O[C@H]([C@@]1(O)CCC[C@H]2CNCC[C@@H]21)C3. The largest absolute Gasteiger partial charge is 0.496 e. The number of allylic oxidation sites excluding steroid dienone is 3. The molecule has 0 amide bonds. The van der Waals surface area contributed by atoms with Gasteiger partial charge in [0.25, 0.3) is 0 Å². The van der Waals surface area contributed by atoms with Gasteiger partial charge in [-0.3, -0.25) is 9.59 Å². The lowest BCUT2D eigenvalue weighted by molar-refractivity contribution is -0.141. The van der Waals surface area contributed by atoms with Crippen molar-refractivity contribution in [3.63, 3.8) is 0 Å².